The van der Waals surface area contributed by atoms with Gasteiger partial charge in [-0.05, 0) is 23.8 Å². The number of hydrogen-bond donors (Lipinski definition) is 2. The molecule has 1 unspecified atom stereocenters. The van der Waals surface area contributed by atoms with Crippen molar-refractivity contribution in [2.24, 2.45) is 0 Å². The highest BCUT2D eigenvalue weighted by atomic mass is 79.9. The predicted octanol–water partition coefficient (Wildman–Crippen LogP) is 1.44. The monoisotopic (exact) mass is 298 g/mol. The summed E-state index contributed by atoms with van der Waals surface area (Å²) in [4.78, 5) is 11.1. The summed E-state index contributed by atoms with van der Waals surface area (Å²) >= 11 is 3.50. The maximum atomic E-state index is 11.1. The van der Waals surface area contributed by atoms with E-state index in [1.807, 2.05) is 18.2 Å². The highest BCUT2D eigenvalue weighted by molar-refractivity contribution is 9.10. The van der Waals surface area contributed by atoms with Crippen LogP contribution in [-0.4, -0.2) is 25.6 Å². The van der Waals surface area contributed by atoms with Gasteiger partial charge in [0.15, 0.2) is 0 Å². The Morgan fingerprint density at radius 3 is 3.06 bits per heavy atom. The van der Waals surface area contributed by atoms with Crippen molar-refractivity contribution in [2.45, 2.75) is 19.0 Å². The minimum absolute atomic E-state index is 0.118. The Hall–Kier alpha value is -1.07. The number of carbonyl (C=O) groups excluding carboxylic acids is 1. The molecule has 1 amide bonds. The van der Waals surface area contributed by atoms with E-state index in [1.54, 1.807) is 7.11 Å². The minimum atomic E-state index is 0.118. The van der Waals surface area contributed by atoms with Crippen LogP contribution in [0.2, 0.25) is 0 Å². The van der Waals surface area contributed by atoms with E-state index in [9.17, 15) is 4.79 Å². The molecule has 4 nitrogen and oxygen atoms in total. The van der Waals surface area contributed by atoms with Crippen LogP contribution in [0.25, 0.3) is 0 Å². The number of carbonyl (C=O) groups is 1. The van der Waals surface area contributed by atoms with Gasteiger partial charge in [0.1, 0.15) is 5.75 Å². The lowest BCUT2D eigenvalue weighted by Crippen LogP contribution is -2.30. The molecule has 1 aliphatic rings. The van der Waals surface area contributed by atoms with Gasteiger partial charge in [-0.15, -0.1) is 0 Å². The van der Waals surface area contributed by atoms with Gasteiger partial charge in [-0.2, -0.15) is 0 Å². The Morgan fingerprint density at radius 2 is 2.41 bits per heavy atom. The molecule has 92 valence electrons. The highest BCUT2D eigenvalue weighted by Crippen LogP contribution is 2.22. The van der Waals surface area contributed by atoms with Crippen molar-refractivity contribution in [3.05, 3.63) is 28.2 Å². The van der Waals surface area contributed by atoms with Gasteiger partial charge in [-0.1, -0.05) is 15.9 Å². The molecule has 2 N–H and O–H groups in total. The Labute approximate surface area is 109 Å². The molecule has 2 rings (SSSR count). The van der Waals surface area contributed by atoms with Crippen LogP contribution in [0.1, 0.15) is 12.0 Å². The average Bonchev–Trinajstić information content (AvgIpc) is 2.74. The molecular weight excluding hydrogens is 284 g/mol. The van der Waals surface area contributed by atoms with Gasteiger partial charge in [-0.3, -0.25) is 4.79 Å². The van der Waals surface area contributed by atoms with E-state index in [0.29, 0.717) is 13.0 Å². The first-order chi connectivity index (χ1) is 8.19. The number of nitrogens with one attached hydrogen (secondary N) is 2. The lowest BCUT2D eigenvalue weighted by molar-refractivity contribution is -0.119. The number of halogens is 1. The van der Waals surface area contributed by atoms with E-state index >= 15 is 0 Å². The molecule has 0 spiro atoms. The fourth-order valence-electron chi connectivity index (χ4n) is 1.82. The van der Waals surface area contributed by atoms with Crippen molar-refractivity contribution in [3.63, 3.8) is 0 Å². The number of methoxy groups -OCH3 is 1. The summed E-state index contributed by atoms with van der Waals surface area (Å²) in [6.45, 7) is 1.43. The van der Waals surface area contributed by atoms with Gasteiger partial charge in [0.05, 0.1) is 7.11 Å². The zero-order valence-corrected chi connectivity index (χ0v) is 11.2. The van der Waals surface area contributed by atoms with E-state index in [1.165, 1.54) is 0 Å². The Morgan fingerprint density at radius 1 is 1.59 bits per heavy atom. The topological polar surface area (TPSA) is 50.4 Å². The van der Waals surface area contributed by atoms with Crippen molar-refractivity contribution >= 4 is 21.8 Å². The van der Waals surface area contributed by atoms with Crippen LogP contribution in [0.15, 0.2) is 22.7 Å². The average molecular weight is 299 g/mol. The lowest BCUT2D eigenvalue weighted by atomic mass is 10.2. The number of amides is 1. The number of rotatable bonds is 4. The molecule has 1 heterocycles. The van der Waals surface area contributed by atoms with E-state index in [-0.39, 0.29) is 11.9 Å². The molecule has 0 saturated carbocycles. The van der Waals surface area contributed by atoms with Gasteiger partial charge < -0.3 is 15.4 Å². The Bertz CT molecular complexity index is 423. The lowest BCUT2D eigenvalue weighted by Gasteiger charge is -2.12. The zero-order valence-electron chi connectivity index (χ0n) is 9.63. The van der Waals surface area contributed by atoms with Crippen molar-refractivity contribution in [1.82, 2.24) is 10.6 Å². The largest absolute Gasteiger partial charge is 0.497 e. The molecule has 5 heteroatoms. The second-order valence-corrected chi connectivity index (χ2v) is 4.90. The number of ether oxygens (including phenoxy) is 1. The van der Waals surface area contributed by atoms with Gasteiger partial charge in [-0.25, -0.2) is 0 Å². The summed E-state index contributed by atoms with van der Waals surface area (Å²) in [7, 11) is 1.65. The molecule has 0 radical (unpaired) electrons. The van der Waals surface area contributed by atoms with Crippen LogP contribution >= 0.6 is 15.9 Å². The quantitative estimate of drug-likeness (QED) is 0.884. The van der Waals surface area contributed by atoms with Gasteiger partial charge in [0.25, 0.3) is 0 Å². The van der Waals surface area contributed by atoms with E-state index < -0.39 is 0 Å². The SMILES string of the molecule is COc1ccc(Br)c(CNC2CNC(=O)C2)c1. The fraction of sp³-hybridized carbons (Fsp3) is 0.417. The molecule has 0 aromatic heterocycles. The zero-order chi connectivity index (χ0) is 12.3. The molecule has 1 aromatic carbocycles. The van der Waals surface area contributed by atoms with Crippen molar-refractivity contribution in [1.29, 1.82) is 0 Å². The second-order valence-electron chi connectivity index (χ2n) is 4.04. The van der Waals surface area contributed by atoms with Crippen LogP contribution < -0.4 is 15.4 Å². The highest BCUT2D eigenvalue weighted by Gasteiger charge is 2.20. The Kier molecular flexibility index (Phi) is 4.02. The van der Waals surface area contributed by atoms with Crippen molar-refractivity contribution < 1.29 is 9.53 Å². The summed E-state index contributed by atoms with van der Waals surface area (Å²) in [5, 5.41) is 6.16. The molecule has 1 fully saturated rings. The maximum Gasteiger partial charge on any atom is 0.221 e. The van der Waals surface area contributed by atoms with Gasteiger partial charge in [0, 0.05) is 30.0 Å². The summed E-state index contributed by atoms with van der Waals surface area (Å²) in [5.74, 6) is 0.956. The number of hydrogen-bond acceptors (Lipinski definition) is 3. The minimum Gasteiger partial charge on any atom is -0.497 e. The fourth-order valence-corrected chi connectivity index (χ4v) is 2.20. The summed E-state index contributed by atoms with van der Waals surface area (Å²) in [6, 6.07) is 6.09. The molecule has 0 aliphatic carbocycles. The van der Waals surface area contributed by atoms with Crippen LogP contribution in [0.3, 0.4) is 0 Å². The molecule has 17 heavy (non-hydrogen) atoms. The first-order valence-electron chi connectivity index (χ1n) is 5.51. The molecule has 1 atom stereocenters. The van der Waals surface area contributed by atoms with E-state index in [4.69, 9.17) is 4.74 Å². The van der Waals surface area contributed by atoms with Crippen LogP contribution in [-0.2, 0) is 11.3 Å². The van der Waals surface area contributed by atoms with Gasteiger partial charge in [0.2, 0.25) is 5.91 Å². The number of benzene rings is 1. The van der Waals surface area contributed by atoms with Crippen molar-refractivity contribution in [3.8, 4) is 5.75 Å². The van der Waals surface area contributed by atoms with Crippen LogP contribution in [0.4, 0.5) is 0 Å². The summed E-state index contributed by atoms with van der Waals surface area (Å²) in [6.07, 6.45) is 0.557. The summed E-state index contributed by atoms with van der Waals surface area (Å²) in [5.41, 5.74) is 1.13. The molecule has 1 saturated heterocycles. The smallest absolute Gasteiger partial charge is 0.221 e. The maximum absolute atomic E-state index is 11.1. The first-order valence-corrected chi connectivity index (χ1v) is 6.31. The molecular formula is C12H15BrN2O2. The second kappa shape index (κ2) is 5.51. The third-order valence-electron chi connectivity index (χ3n) is 2.81. The van der Waals surface area contributed by atoms with Crippen LogP contribution in [0, 0.1) is 0 Å². The first kappa shape index (κ1) is 12.4. The van der Waals surface area contributed by atoms with Crippen molar-refractivity contribution in [2.75, 3.05) is 13.7 Å². The third kappa shape index (κ3) is 3.20. The summed E-state index contributed by atoms with van der Waals surface area (Å²) < 4.78 is 6.23. The standard InChI is InChI=1S/C12H15BrN2O2/c1-17-10-2-3-11(13)8(4-10)6-14-9-5-12(16)15-7-9/h2-4,9,14H,5-7H2,1H3,(H,15,16). The van der Waals surface area contributed by atoms with E-state index in [2.05, 4.69) is 26.6 Å². The predicted molar refractivity (Wildman–Crippen MR) is 68.9 cm³/mol. The third-order valence-corrected chi connectivity index (χ3v) is 3.59. The van der Waals surface area contributed by atoms with Gasteiger partial charge >= 0.3 is 0 Å². The normalized spacial score (nSPS) is 19.2. The van der Waals surface area contributed by atoms with Crippen LogP contribution in [0.5, 0.6) is 5.75 Å². The molecule has 1 aliphatic heterocycles. The Balaban J connectivity index is 1.96. The molecule has 0 bridgehead atoms. The van der Waals surface area contributed by atoms with E-state index in [0.717, 1.165) is 22.3 Å². The molecule has 1 aromatic rings.